The van der Waals surface area contributed by atoms with Gasteiger partial charge in [-0.3, -0.25) is 9.59 Å². The normalized spacial score (nSPS) is 13.0. The zero-order valence-corrected chi connectivity index (χ0v) is 17.1. The number of carbonyl (C=O) groups is 1. The monoisotopic (exact) mass is 424 g/mol. The Kier molecular flexibility index (Phi) is 5.72. The van der Waals surface area contributed by atoms with Crippen LogP contribution in [0.25, 0.3) is 0 Å². The number of nitrogens with zero attached hydrogens (tertiary/aromatic N) is 2. The Bertz CT molecular complexity index is 1120. The molecule has 4 rings (SSSR count). The third-order valence-electron chi connectivity index (χ3n) is 4.79. The van der Waals surface area contributed by atoms with Crippen molar-refractivity contribution in [3.63, 3.8) is 0 Å². The summed E-state index contributed by atoms with van der Waals surface area (Å²) in [4.78, 5) is 25.1. The van der Waals surface area contributed by atoms with Gasteiger partial charge < -0.3 is 15.4 Å². The van der Waals surface area contributed by atoms with Gasteiger partial charge >= 0.3 is 0 Å². The lowest BCUT2D eigenvalue weighted by Crippen LogP contribution is -2.25. The van der Waals surface area contributed by atoms with Crippen LogP contribution in [0.5, 0.6) is 11.5 Å². The number of ether oxygens (including phenoxy) is 1. The Morgan fingerprint density at radius 3 is 2.73 bits per heavy atom. The van der Waals surface area contributed by atoms with Crippen LogP contribution in [0.2, 0.25) is 5.02 Å². The quantitative estimate of drug-likeness (QED) is 0.596. The molecule has 30 heavy (non-hydrogen) atoms. The molecule has 1 fully saturated rings. The maximum Gasteiger partial charge on any atom is 0.294 e. The van der Waals surface area contributed by atoms with E-state index in [1.54, 1.807) is 55.6 Å². The van der Waals surface area contributed by atoms with Gasteiger partial charge in [-0.2, -0.15) is 5.10 Å². The van der Waals surface area contributed by atoms with Gasteiger partial charge in [-0.15, -0.1) is 0 Å². The van der Waals surface area contributed by atoms with Gasteiger partial charge in [-0.1, -0.05) is 17.7 Å². The van der Waals surface area contributed by atoms with E-state index in [0.717, 1.165) is 0 Å². The van der Waals surface area contributed by atoms with Crippen molar-refractivity contribution < 1.29 is 9.53 Å². The zero-order valence-electron chi connectivity index (χ0n) is 16.4. The lowest BCUT2D eigenvalue weighted by atomic mass is 10.2. The van der Waals surface area contributed by atoms with Gasteiger partial charge in [-0.05, 0) is 61.2 Å². The van der Waals surface area contributed by atoms with Gasteiger partial charge in [0.1, 0.15) is 5.75 Å². The number of aromatic nitrogens is 2. The third-order valence-corrected chi connectivity index (χ3v) is 5.04. The molecule has 8 heteroatoms. The average molecular weight is 425 g/mol. The van der Waals surface area contributed by atoms with Gasteiger partial charge in [0.2, 0.25) is 0 Å². The smallest absolute Gasteiger partial charge is 0.294 e. The Morgan fingerprint density at radius 2 is 2.00 bits per heavy atom. The molecule has 2 N–H and O–H groups in total. The molecule has 7 nitrogen and oxygen atoms in total. The van der Waals surface area contributed by atoms with Crippen molar-refractivity contribution in [2.45, 2.75) is 12.8 Å². The molecule has 1 aromatic heterocycles. The van der Waals surface area contributed by atoms with Crippen LogP contribution >= 0.6 is 11.6 Å². The van der Waals surface area contributed by atoms with E-state index in [-0.39, 0.29) is 22.9 Å². The molecule has 1 heterocycles. The van der Waals surface area contributed by atoms with Crippen LogP contribution in [0, 0.1) is 5.92 Å². The fourth-order valence-corrected chi connectivity index (χ4v) is 3.01. The van der Waals surface area contributed by atoms with E-state index in [1.165, 1.54) is 23.7 Å². The minimum absolute atomic E-state index is 0.134. The molecule has 1 aliphatic carbocycles. The number of carbonyl (C=O) groups excluding carboxylic acids is 1. The highest BCUT2D eigenvalue weighted by Gasteiger charge is 2.22. The van der Waals surface area contributed by atoms with Gasteiger partial charge in [0.15, 0.2) is 11.4 Å². The highest BCUT2D eigenvalue weighted by atomic mass is 35.5. The van der Waals surface area contributed by atoms with Crippen LogP contribution in [0.3, 0.4) is 0 Å². The molecule has 0 bridgehead atoms. The fourth-order valence-electron chi connectivity index (χ4n) is 2.89. The first-order chi connectivity index (χ1) is 14.5. The van der Waals surface area contributed by atoms with E-state index >= 15 is 0 Å². The Balaban J connectivity index is 1.58. The molecule has 1 aliphatic rings. The van der Waals surface area contributed by atoms with Crippen LogP contribution < -0.4 is 20.9 Å². The lowest BCUT2D eigenvalue weighted by Gasteiger charge is -2.14. The molecule has 0 radical (unpaired) electrons. The third kappa shape index (κ3) is 4.80. The number of rotatable bonds is 7. The van der Waals surface area contributed by atoms with Crippen LogP contribution in [0.15, 0.2) is 59.5 Å². The molecule has 1 saturated carbocycles. The van der Waals surface area contributed by atoms with E-state index in [4.69, 9.17) is 16.3 Å². The molecule has 0 aliphatic heterocycles. The van der Waals surface area contributed by atoms with Crippen molar-refractivity contribution >= 4 is 28.9 Å². The van der Waals surface area contributed by atoms with Gasteiger partial charge in [-0.25, -0.2) is 4.68 Å². The Hall–Kier alpha value is -3.32. The predicted molar refractivity (Wildman–Crippen MR) is 116 cm³/mol. The van der Waals surface area contributed by atoms with Crippen molar-refractivity contribution in [1.82, 2.24) is 15.1 Å². The summed E-state index contributed by atoms with van der Waals surface area (Å²) in [7, 11) is 1.56. The maximum absolute atomic E-state index is 12.7. The molecular formula is C22H21ClN4O3. The Morgan fingerprint density at radius 1 is 1.23 bits per heavy atom. The first-order valence-corrected chi connectivity index (χ1v) is 10.0. The van der Waals surface area contributed by atoms with Crippen molar-refractivity contribution in [1.29, 1.82) is 0 Å². The summed E-state index contributed by atoms with van der Waals surface area (Å²) < 4.78 is 7.06. The second kappa shape index (κ2) is 8.59. The first kappa shape index (κ1) is 20.0. The molecule has 0 atom stereocenters. The van der Waals surface area contributed by atoms with E-state index in [2.05, 4.69) is 15.7 Å². The minimum Gasteiger partial charge on any atom is -0.453 e. The number of amides is 1. The SMILES string of the molecule is Cn1ncc(Oc2ccc(Cl)cc2)c(Nc2cccc(C(=O)NCC3CC3)c2)c1=O. The van der Waals surface area contributed by atoms with Crippen molar-refractivity contribution in [3.05, 3.63) is 75.7 Å². The number of aryl methyl sites for hydroxylation is 1. The summed E-state index contributed by atoms with van der Waals surface area (Å²) in [6.45, 7) is 0.695. The number of benzene rings is 2. The molecule has 154 valence electrons. The standard InChI is InChI=1S/C22H21ClN4O3/c1-27-22(29)20(19(13-25-27)30-18-9-7-16(23)8-10-18)26-17-4-2-3-15(11-17)21(28)24-12-14-5-6-14/h2-4,7-11,13-14,26H,5-6,12H2,1H3,(H,24,28). The second-order valence-corrected chi connectivity index (χ2v) is 7.66. The molecule has 2 aromatic carbocycles. The van der Waals surface area contributed by atoms with E-state index < -0.39 is 0 Å². The predicted octanol–water partition coefficient (Wildman–Crippen LogP) is 4.11. The molecule has 1 amide bonds. The highest BCUT2D eigenvalue weighted by molar-refractivity contribution is 6.30. The largest absolute Gasteiger partial charge is 0.453 e. The van der Waals surface area contributed by atoms with E-state index in [0.29, 0.717) is 34.5 Å². The van der Waals surface area contributed by atoms with Crippen LogP contribution in [-0.4, -0.2) is 22.2 Å². The summed E-state index contributed by atoms with van der Waals surface area (Å²) in [5.41, 5.74) is 0.980. The number of hydrogen-bond acceptors (Lipinski definition) is 5. The zero-order chi connectivity index (χ0) is 21.1. The molecule has 3 aromatic rings. The summed E-state index contributed by atoms with van der Waals surface area (Å²) in [5, 5.41) is 10.6. The minimum atomic E-state index is -0.356. The summed E-state index contributed by atoms with van der Waals surface area (Å²) in [6, 6.07) is 13.8. The maximum atomic E-state index is 12.7. The lowest BCUT2D eigenvalue weighted by molar-refractivity contribution is 0.0952. The molecule has 0 spiro atoms. The van der Waals surface area contributed by atoms with E-state index in [1.807, 2.05) is 0 Å². The summed E-state index contributed by atoms with van der Waals surface area (Å²) >= 11 is 5.92. The first-order valence-electron chi connectivity index (χ1n) is 9.64. The van der Waals surface area contributed by atoms with Gasteiger partial charge in [0.25, 0.3) is 11.5 Å². The Labute approximate surface area is 178 Å². The molecule has 0 saturated heterocycles. The molecular weight excluding hydrogens is 404 g/mol. The number of anilines is 2. The van der Waals surface area contributed by atoms with Gasteiger partial charge in [0, 0.05) is 29.9 Å². The van der Waals surface area contributed by atoms with Crippen LogP contribution in [0.1, 0.15) is 23.2 Å². The van der Waals surface area contributed by atoms with Crippen molar-refractivity contribution in [2.24, 2.45) is 13.0 Å². The second-order valence-electron chi connectivity index (χ2n) is 7.23. The van der Waals surface area contributed by atoms with Crippen molar-refractivity contribution in [3.8, 4) is 11.5 Å². The fraction of sp³-hybridized carbons (Fsp3) is 0.227. The van der Waals surface area contributed by atoms with Crippen molar-refractivity contribution in [2.75, 3.05) is 11.9 Å². The summed E-state index contributed by atoms with van der Waals surface area (Å²) in [6.07, 6.45) is 3.80. The number of nitrogens with one attached hydrogen (secondary N) is 2. The van der Waals surface area contributed by atoms with E-state index in [9.17, 15) is 9.59 Å². The van der Waals surface area contributed by atoms with Gasteiger partial charge in [0.05, 0.1) is 6.20 Å². The summed E-state index contributed by atoms with van der Waals surface area (Å²) in [5.74, 6) is 1.25. The number of hydrogen-bond donors (Lipinski definition) is 2. The van der Waals surface area contributed by atoms with Crippen LogP contribution in [0.4, 0.5) is 11.4 Å². The molecule has 0 unspecified atom stereocenters. The average Bonchev–Trinajstić information content (AvgIpc) is 3.58. The van der Waals surface area contributed by atoms with Crippen LogP contribution in [-0.2, 0) is 7.05 Å². The topological polar surface area (TPSA) is 85.2 Å². The number of halogens is 1. The highest BCUT2D eigenvalue weighted by Crippen LogP contribution is 2.30.